The fourth-order valence-corrected chi connectivity index (χ4v) is 3.89. The van der Waals surface area contributed by atoms with Crippen molar-refractivity contribution < 1.29 is 23.6 Å². The standard InChI is InChI=1S/C21H24N4O5/c1-4-12(5-2)19-22-16(24-30-19)10-25-14-11-29-20(26)17(14)18(23-21(25)27)13-8-6-7-9-15(13)28-3/h6-9,12,18H,4-5,10-11H2,1-3H3,(H,23,27). The van der Waals surface area contributed by atoms with Gasteiger partial charge in [-0.25, -0.2) is 9.59 Å². The highest BCUT2D eigenvalue weighted by atomic mass is 16.5. The number of urea groups is 1. The Morgan fingerprint density at radius 2 is 2.03 bits per heavy atom. The molecule has 0 aliphatic carbocycles. The third-order valence-corrected chi connectivity index (χ3v) is 5.57. The highest BCUT2D eigenvalue weighted by molar-refractivity contribution is 5.97. The molecule has 4 rings (SSSR count). The Kier molecular flexibility index (Phi) is 5.43. The van der Waals surface area contributed by atoms with Crippen LogP contribution in [0.25, 0.3) is 0 Å². The summed E-state index contributed by atoms with van der Waals surface area (Å²) < 4.78 is 16.1. The van der Waals surface area contributed by atoms with E-state index in [4.69, 9.17) is 14.0 Å². The van der Waals surface area contributed by atoms with E-state index in [2.05, 4.69) is 29.3 Å². The molecule has 3 heterocycles. The number of rotatable bonds is 7. The molecule has 0 bridgehead atoms. The fraction of sp³-hybridized carbons (Fsp3) is 0.429. The van der Waals surface area contributed by atoms with Gasteiger partial charge in [-0.05, 0) is 18.9 Å². The molecule has 0 fully saturated rings. The van der Waals surface area contributed by atoms with Crippen LogP contribution < -0.4 is 10.1 Å². The number of cyclic esters (lactones) is 1. The highest BCUT2D eigenvalue weighted by Crippen LogP contribution is 2.38. The van der Waals surface area contributed by atoms with Gasteiger partial charge in [0.2, 0.25) is 5.89 Å². The first-order valence-corrected chi connectivity index (χ1v) is 10.0. The number of hydrogen-bond donors (Lipinski definition) is 1. The van der Waals surface area contributed by atoms with Crippen molar-refractivity contribution in [1.29, 1.82) is 0 Å². The van der Waals surface area contributed by atoms with Gasteiger partial charge in [0.25, 0.3) is 0 Å². The minimum Gasteiger partial charge on any atom is -0.496 e. The van der Waals surface area contributed by atoms with E-state index in [9.17, 15) is 9.59 Å². The van der Waals surface area contributed by atoms with Gasteiger partial charge in [-0.15, -0.1) is 0 Å². The molecule has 1 unspecified atom stereocenters. The lowest BCUT2D eigenvalue weighted by molar-refractivity contribution is -0.136. The molecule has 1 aromatic heterocycles. The van der Waals surface area contributed by atoms with Gasteiger partial charge in [0.1, 0.15) is 12.4 Å². The normalized spacial score (nSPS) is 18.5. The summed E-state index contributed by atoms with van der Waals surface area (Å²) in [6, 6.07) is 6.24. The van der Waals surface area contributed by atoms with Crippen molar-refractivity contribution in [3.63, 3.8) is 0 Å². The predicted molar refractivity (Wildman–Crippen MR) is 105 cm³/mol. The van der Waals surface area contributed by atoms with E-state index in [1.54, 1.807) is 13.2 Å². The molecule has 9 heteroatoms. The molecule has 2 aliphatic rings. The number of carbonyl (C=O) groups excluding carboxylic acids is 2. The quantitative estimate of drug-likeness (QED) is 0.697. The number of nitrogens with zero attached hydrogens (tertiary/aromatic N) is 3. The molecular weight excluding hydrogens is 388 g/mol. The van der Waals surface area contributed by atoms with Gasteiger partial charge >= 0.3 is 12.0 Å². The van der Waals surface area contributed by atoms with E-state index in [0.717, 1.165) is 12.8 Å². The molecule has 1 atom stereocenters. The molecule has 2 aliphatic heterocycles. The molecule has 0 saturated carbocycles. The van der Waals surface area contributed by atoms with Crippen molar-refractivity contribution in [3.8, 4) is 5.75 Å². The first kappa shape index (κ1) is 19.9. The summed E-state index contributed by atoms with van der Waals surface area (Å²) in [7, 11) is 1.55. The summed E-state index contributed by atoms with van der Waals surface area (Å²) >= 11 is 0. The van der Waals surface area contributed by atoms with Gasteiger partial charge in [0.15, 0.2) is 5.82 Å². The van der Waals surface area contributed by atoms with E-state index >= 15 is 0 Å². The van der Waals surface area contributed by atoms with E-state index < -0.39 is 12.0 Å². The number of esters is 1. The zero-order valence-corrected chi connectivity index (χ0v) is 17.2. The zero-order valence-electron chi connectivity index (χ0n) is 17.2. The monoisotopic (exact) mass is 412 g/mol. The summed E-state index contributed by atoms with van der Waals surface area (Å²) in [6.45, 7) is 4.23. The third-order valence-electron chi connectivity index (χ3n) is 5.57. The Morgan fingerprint density at radius 3 is 2.77 bits per heavy atom. The van der Waals surface area contributed by atoms with Gasteiger partial charge in [0, 0.05) is 11.5 Å². The van der Waals surface area contributed by atoms with Crippen LogP contribution >= 0.6 is 0 Å². The van der Waals surface area contributed by atoms with Crippen molar-refractivity contribution in [3.05, 3.63) is 52.8 Å². The Hall–Kier alpha value is -3.36. The van der Waals surface area contributed by atoms with Crippen LogP contribution in [0.1, 0.15) is 55.9 Å². The van der Waals surface area contributed by atoms with Crippen LogP contribution in [0.3, 0.4) is 0 Å². The van der Waals surface area contributed by atoms with Crippen molar-refractivity contribution in [2.45, 2.75) is 45.2 Å². The second kappa shape index (κ2) is 8.17. The zero-order chi connectivity index (χ0) is 21.3. The number of carbonyl (C=O) groups is 2. The highest BCUT2D eigenvalue weighted by Gasteiger charge is 2.43. The first-order chi connectivity index (χ1) is 14.6. The molecule has 0 spiro atoms. The Morgan fingerprint density at radius 1 is 1.27 bits per heavy atom. The molecule has 2 amide bonds. The number of methoxy groups -OCH3 is 1. The second-order valence-corrected chi connectivity index (χ2v) is 7.21. The maximum absolute atomic E-state index is 13.0. The van der Waals surface area contributed by atoms with E-state index in [-0.39, 0.29) is 25.1 Å². The molecule has 30 heavy (non-hydrogen) atoms. The summed E-state index contributed by atoms with van der Waals surface area (Å²) in [5.74, 6) is 1.25. The largest absolute Gasteiger partial charge is 0.496 e. The number of para-hydroxylation sites is 1. The van der Waals surface area contributed by atoms with Crippen LogP contribution in [-0.4, -0.2) is 40.8 Å². The molecule has 9 nitrogen and oxygen atoms in total. The molecule has 2 aromatic rings. The van der Waals surface area contributed by atoms with E-state index in [1.807, 2.05) is 18.2 Å². The minimum absolute atomic E-state index is 0.0183. The van der Waals surface area contributed by atoms with Gasteiger partial charge < -0.3 is 19.3 Å². The summed E-state index contributed by atoms with van der Waals surface area (Å²) in [6.07, 6.45) is 1.78. The van der Waals surface area contributed by atoms with Crippen LogP contribution in [0.4, 0.5) is 4.79 Å². The maximum Gasteiger partial charge on any atom is 0.338 e. The first-order valence-electron chi connectivity index (χ1n) is 10.0. The molecule has 0 saturated heterocycles. The van der Waals surface area contributed by atoms with Crippen molar-refractivity contribution in [2.75, 3.05) is 13.7 Å². The molecule has 1 aromatic carbocycles. The lowest BCUT2D eigenvalue weighted by Crippen LogP contribution is -2.47. The Balaban J connectivity index is 1.67. The average Bonchev–Trinajstić information content (AvgIpc) is 3.38. The molecule has 0 radical (unpaired) electrons. The number of ether oxygens (including phenoxy) is 2. The Bertz CT molecular complexity index is 995. The van der Waals surface area contributed by atoms with Crippen molar-refractivity contribution in [1.82, 2.24) is 20.4 Å². The summed E-state index contributed by atoms with van der Waals surface area (Å²) in [5.41, 5.74) is 1.59. The van der Waals surface area contributed by atoms with Gasteiger partial charge in [-0.2, -0.15) is 4.98 Å². The molecule has 1 N–H and O–H groups in total. The third kappa shape index (κ3) is 3.40. The van der Waals surface area contributed by atoms with Gasteiger partial charge in [-0.1, -0.05) is 37.2 Å². The molecular formula is C21H24N4O5. The number of nitrogens with one attached hydrogen (secondary N) is 1. The lowest BCUT2D eigenvalue weighted by Gasteiger charge is -2.32. The molecule has 158 valence electrons. The SMILES string of the molecule is CCC(CC)c1nc(CN2C(=O)NC(c3ccccc3OC)C3=C2COC3=O)no1. The van der Waals surface area contributed by atoms with Gasteiger partial charge in [0.05, 0.1) is 31.0 Å². The fourth-order valence-electron chi connectivity index (χ4n) is 3.89. The lowest BCUT2D eigenvalue weighted by atomic mass is 9.95. The summed E-state index contributed by atoms with van der Waals surface area (Å²) in [4.78, 5) is 31.4. The Labute approximate surface area is 174 Å². The second-order valence-electron chi connectivity index (χ2n) is 7.21. The van der Waals surface area contributed by atoms with Crippen molar-refractivity contribution >= 4 is 12.0 Å². The smallest absolute Gasteiger partial charge is 0.338 e. The van der Waals surface area contributed by atoms with Crippen LogP contribution in [-0.2, 0) is 16.1 Å². The predicted octanol–water partition coefficient (Wildman–Crippen LogP) is 3.06. The number of benzene rings is 1. The van der Waals surface area contributed by atoms with E-state index in [0.29, 0.717) is 34.3 Å². The summed E-state index contributed by atoms with van der Waals surface area (Å²) in [5, 5.41) is 6.92. The number of hydrogen-bond acceptors (Lipinski definition) is 7. The van der Waals surface area contributed by atoms with E-state index in [1.165, 1.54) is 4.90 Å². The maximum atomic E-state index is 13.0. The topological polar surface area (TPSA) is 107 Å². The average molecular weight is 412 g/mol. The number of aromatic nitrogens is 2. The van der Waals surface area contributed by atoms with Gasteiger partial charge in [-0.3, -0.25) is 4.90 Å². The van der Waals surface area contributed by atoms with Crippen molar-refractivity contribution in [2.24, 2.45) is 0 Å². The minimum atomic E-state index is -0.653. The van der Waals surface area contributed by atoms with Crippen LogP contribution in [0.15, 0.2) is 40.1 Å². The number of amides is 2. The van der Waals surface area contributed by atoms with Crippen LogP contribution in [0.2, 0.25) is 0 Å². The van der Waals surface area contributed by atoms with Crippen LogP contribution in [0.5, 0.6) is 5.75 Å². The van der Waals surface area contributed by atoms with Crippen LogP contribution in [0, 0.1) is 0 Å².